The number of carbonyl (C=O) groups is 1. The highest BCUT2D eigenvalue weighted by Crippen LogP contribution is 2.27. The number of Topliss-reactive ketones (excluding diaryl/α,β-unsaturated/α-hetero) is 1. The summed E-state index contributed by atoms with van der Waals surface area (Å²) in [7, 11) is 0. The van der Waals surface area contributed by atoms with Gasteiger partial charge in [-0.2, -0.15) is 13.2 Å². The third kappa shape index (κ3) is 3.93. The van der Waals surface area contributed by atoms with Crippen molar-refractivity contribution in [1.29, 1.82) is 0 Å². The fraction of sp³-hybridized carbons (Fsp3) is 0.294. The molecule has 0 aliphatic rings. The number of rotatable bonds is 4. The van der Waals surface area contributed by atoms with Crippen molar-refractivity contribution in [3.8, 4) is 0 Å². The standard InChI is InChI=1S/C17H16F3NO/c1-11-3-6-14(9-12(11)2)15(22)7-4-13-5-8-16(21-10-13)17(18,19)20/h3,5-6,8-10H,4,7H2,1-2H3. The van der Waals surface area contributed by atoms with Gasteiger partial charge in [0.2, 0.25) is 0 Å². The molecule has 0 unspecified atom stereocenters. The molecule has 2 nitrogen and oxygen atoms in total. The van der Waals surface area contributed by atoms with Gasteiger partial charge in [-0.25, -0.2) is 0 Å². The van der Waals surface area contributed by atoms with E-state index in [4.69, 9.17) is 0 Å². The summed E-state index contributed by atoms with van der Waals surface area (Å²) in [6.45, 7) is 3.91. The second-order valence-electron chi connectivity index (χ2n) is 5.27. The number of nitrogens with zero attached hydrogens (tertiary/aromatic N) is 1. The van der Waals surface area contributed by atoms with Gasteiger partial charge < -0.3 is 0 Å². The number of carbonyl (C=O) groups excluding carboxylic acids is 1. The van der Waals surface area contributed by atoms with E-state index in [-0.39, 0.29) is 12.2 Å². The summed E-state index contributed by atoms with van der Waals surface area (Å²) in [6.07, 6.45) is -2.64. The number of pyridine rings is 1. The summed E-state index contributed by atoms with van der Waals surface area (Å²) in [4.78, 5) is 15.5. The molecule has 5 heteroatoms. The molecule has 1 heterocycles. The van der Waals surface area contributed by atoms with Crippen molar-refractivity contribution < 1.29 is 18.0 Å². The van der Waals surface area contributed by atoms with Gasteiger partial charge in [-0.15, -0.1) is 0 Å². The third-order valence-corrected chi connectivity index (χ3v) is 3.58. The van der Waals surface area contributed by atoms with E-state index in [1.807, 2.05) is 26.0 Å². The summed E-state index contributed by atoms with van der Waals surface area (Å²) in [5.74, 6) is -0.0250. The van der Waals surface area contributed by atoms with E-state index in [0.717, 1.165) is 17.2 Å². The Morgan fingerprint density at radius 2 is 1.82 bits per heavy atom. The minimum atomic E-state index is -4.44. The lowest BCUT2D eigenvalue weighted by Gasteiger charge is -2.07. The van der Waals surface area contributed by atoms with Crippen molar-refractivity contribution in [3.05, 3.63) is 64.5 Å². The normalized spacial score (nSPS) is 11.5. The van der Waals surface area contributed by atoms with Gasteiger partial charge in [-0.3, -0.25) is 9.78 Å². The first kappa shape index (κ1) is 16.2. The zero-order valence-corrected chi connectivity index (χ0v) is 12.4. The van der Waals surface area contributed by atoms with Gasteiger partial charge in [0.15, 0.2) is 5.78 Å². The van der Waals surface area contributed by atoms with Crippen molar-refractivity contribution in [2.24, 2.45) is 0 Å². The third-order valence-electron chi connectivity index (χ3n) is 3.58. The number of ketones is 1. The number of alkyl halides is 3. The molecule has 0 fully saturated rings. The van der Waals surface area contributed by atoms with Gasteiger partial charge in [0.05, 0.1) is 0 Å². The van der Waals surface area contributed by atoms with Crippen LogP contribution in [0.5, 0.6) is 0 Å². The van der Waals surface area contributed by atoms with E-state index in [9.17, 15) is 18.0 Å². The van der Waals surface area contributed by atoms with Crippen LogP contribution in [0.2, 0.25) is 0 Å². The minimum Gasteiger partial charge on any atom is -0.294 e. The van der Waals surface area contributed by atoms with Crippen LogP contribution in [-0.4, -0.2) is 10.8 Å². The molecule has 22 heavy (non-hydrogen) atoms. The minimum absolute atomic E-state index is 0.0250. The van der Waals surface area contributed by atoms with Crippen LogP contribution in [0.1, 0.15) is 39.2 Å². The highest BCUT2D eigenvalue weighted by molar-refractivity contribution is 5.96. The Balaban J connectivity index is 2.00. The van der Waals surface area contributed by atoms with Gasteiger partial charge in [-0.1, -0.05) is 18.2 Å². The molecule has 2 rings (SSSR count). The van der Waals surface area contributed by atoms with Crippen LogP contribution in [-0.2, 0) is 12.6 Å². The van der Waals surface area contributed by atoms with Crippen LogP contribution in [0.25, 0.3) is 0 Å². The van der Waals surface area contributed by atoms with Crippen molar-refractivity contribution >= 4 is 5.78 Å². The summed E-state index contributed by atoms with van der Waals surface area (Å²) < 4.78 is 37.2. The summed E-state index contributed by atoms with van der Waals surface area (Å²) in [5, 5.41) is 0. The quantitative estimate of drug-likeness (QED) is 0.777. The maximum absolute atomic E-state index is 12.4. The van der Waals surface area contributed by atoms with Crippen molar-refractivity contribution in [3.63, 3.8) is 0 Å². The van der Waals surface area contributed by atoms with Crippen LogP contribution in [0, 0.1) is 13.8 Å². The molecule has 0 aliphatic carbocycles. The van der Waals surface area contributed by atoms with Gasteiger partial charge in [0.25, 0.3) is 0 Å². The molecule has 0 radical (unpaired) electrons. The molecule has 0 bridgehead atoms. The van der Waals surface area contributed by atoms with Crippen molar-refractivity contribution in [2.75, 3.05) is 0 Å². The molecule has 0 atom stereocenters. The maximum atomic E-state index is 12.4. The van der Waals surface area contributed by atoms with E-state index in [1.165, 1.54) is 12.3 Å². The second-order valence-corrected chi connectivity index (χ2v) is 5.27. The van der Waals surface area contributed by atoms with Crippen LogP contribution in [0.3, 0.4) is 0 Å². The maximum Gasteiger partial charge on any atom is 0.433 e. The Labute approximate surface area is 127 Å². The van der Waals surface area contributed by atoms with Crippen LogP contribution in [0.4, 0.5) is 13.2 Å². The number of aryl methyl sites for hydroxylation is 3. The lowest BCUT2D eigenvalue weighted by Crippen LogP contribution is -2.08. The fourth-order valence-corrected chi connectivity index (χ4v) is 2.06. The number of hydrogen-bond donors (Lipinski definition) is 0. The summed E-state index contributed by atoms with van der Waals surface area (Å²) in [5.41, 5.74) is 2.48. The molecule has 0 spiro atoms. The smallest absolute Gasteiger partial charge is 0.294 e. The number of aromatic nitrogens is 1. The highest BCUT2D eigenvalue weighted by Gasteiger charge is 2.31. The Hall–Kier alpha value is -2.17. The summed E-state index contributed by atoms with van der Waals surface area (Å²) >= 11 is 0. The van der Waals surface area contributed by atoms with Crippen LogP contribution in [0.15, 0.2) is 36.5 Å². The van der Waals surface area contributed by atoms with Gasteiger partial charge in [0.1, 0.15) is 5.69 Å². The van der Waals surface area contributed by atoms with Gasteiger partial charge in [-0.05, 0) is 49.1 Å². The molecular formula is C17H16F3NO. The van der Waals surface area contributed by atoms with Gasteiger partial charge in [0, 0.05) is 18.2 Å². The molecule has 0 saturated carbocycles. The van der Waals surface area contributed by atoms with Crippen molar-refractivity contribution in [1.82, 2.24) is 4.98 Å². The second kappa shape index (κ2) is 6.30. The number of benzene rings is 1. The van der Waals surface area contributed by atoms with E-state index in [0.29, 0.717) is 17.5 Å². The van der Waals surface area contributed by atoms with E-state index < -0.39 is 11.9 Å². The molecule has 0 amide bonds. The molecule has 1 aromatic carbocycles. The monoisotopic (exact) mass is 307 g/mol. The van der Waals surface area contributed by atoms with Crippen molar-refractivity contribution in [2.45, 2.75) is 32.9 Å². The predicted molar refractivity (Wildman–Crippen MR) is 77.8 cm³/mol. The van der Waals surface area contributed by atoms with E-state index in [1.54, 1.807) is 6.07 Å². The SMILES string of the molecule is Cc1ccc(C(=O)CCc2ccc(C(F)(F)F)nc2)cc1C. The zero-order chi connectivity index (χ0) is 16.3. The topological polar surface area (TPSA) is 30.0 Å². The highest BCUT2D eigenvalue weighted by atomic mass is 19.4. The molecular weight excluding hydrogens is 291 g/mol. The summed E-state index contributed by atoms with van der Waals surface area (Å²) in [6, 6.07) is 7.81. The zero-order valence-electron chi connectivity index (χ0n) is 12.4. The average Bonchev–Trinajstić information content (AvgIpc) is 2.47. The van der Waals surface area contributed by atoms with Gasteiger partial charge >= 0.3 is 6.18 Å². The Bertz CT molecular complexity index is 675. The Kier molecular flexibility index (Phi) is 4.64. The van der Waals surface area contributed by atoms with E-state index >= 15 is 0 Å². The van der Waals surface area contributed by atoms with Crippen LogP contribution >= 0.6 is 0 Å². The largest absolute Gasteiger partial charge is 0.433 e. The Morgan fingerprint density at radius 3 is 2.36 bits per heavy atom. The lowest BCUT2D eigenvalue weighted by molar-refractivity contribution is -0.141. The lowest BCUT2D eigenvalue weighted by atomic mass is 10.00. The predicted octanol–water partition coefficient (Wildman–Crippen LogP) is 4.53. The molecule has 0 N–H and O–H groups in total. The molecule has 116 valence electrons. The first-order chi connectivity index (χ1) is 10.3. The molecule has 2 aromatic rings. The molecule has 0 aliphatic heterocycles. The first-order valence-electron chi connectivity index (χ1n) is 6.90. The molecule has 0 saturated heterocycles. The molecule has 1 aromatic heterocycles. The van der Waals surface area contributed by atoms with E-state index in [2.05, 4.69) is 4.98 Å². The Morgan fingerprint density at radius 1 is 1.09 bits per heavy atom. The average molecular weight is 307 g/mol. The number of hydrogen-bond acceptors (Lipinski definition) is 2. The number of halogens is 3. The first-order valence-corrected chi connectivity index (χ1v) is 6.90. The van der Waals surface area contributed by atoms with Crippen LogP contribution < -0.4 is 0 Å². The fourth-order valence-electron chi connectivity index (χ4n) is 2.06.